The van der Waals surface area contributed by atoms with Crippen LogP contribution in [0.4, 0.5) is 0 Å². The first kappa shape index (κ1) is 21.9. The van der Waals surface area contributed by atoms with Gasteiger partial charge in [0.2, 0.25) is 5.91 Å². The van der Waals surface area contributed by atoms with Crippen LogP contribution in [0.25, 0.3) is 11.3 Å². The maximum Gasteiger partial charge on any atom is 0.267 e. The highest BCUT2D eigenvalue weighted by atomic mass is 16.5. The fourth-order valence-electron chi connectivity index (χ4n) is 3.86. The number of ether oxygens (including phenoxy) is 1. The molecule has 0 bridgehead atoms. The maximum absolute atomic E-state index is 12.1. The first-order valence-electron chi connectivity index (χ1n) is 10.5. The topological polar surface area (TPSA) is 110 Å². The number of carbonyl (C=O) groups excluding carboxylic acids is 2. The predicted octanol–water partition coefficient (Wildman–Crippen LogP) is 3.62. The first-order chi connectivity index (χ1) is 14.2. The summed E-state index contributed by atoms with van der Waals surface area (Å²) in [5.74, 6) is 1.85. The van der Waals surface area contributed by atoms with Gasteiger partial charge < -0.3 is 20.8 Å². The van der Waals surface area contributed by atoms with Crippen LogP contribution in [0.1, 0.15) is 68.7 Å². The van der Waals surface area contributed by atoms with Crippen molar-refractivity contribution in [3.8, 4) is 17.0 Å². The second-order valence-electron chi connectivity index (χ2n) is 9.12. The van der Waals surface area contributed by atoms with Crippen molar-refractivity contribution in [2.24, 2.45) is 17.1 Å². The molecule has 1 heterocycles. The molecular formula is C23H32N4O3. The summed E-state index contributed by atoms with van der Waals surface area (Å²) >= 11 is 0. The number of aromatic nitrogens is 2. The molecule has 0 unspecified atom stereocenters. The van der Waals surface area contributed by atoms with Crippen molar-refractivity contribution >= 4 is 11.8 Å². The number of nitrogens with one attached hydrogen (secondary N) is 2. The molecule has 7 heteroatoms. The zero-order chi connectivity index (χ0) is 21.9. The first-order valence-corrected chi connectivity index (χ1v) is 10.5. The number of primary amides is 1. The van der Waals surface area contributed by atoms with Crippen molar-refractivity contribution in [2.75, 3.05) is 13.7 Å². The number of benzene rings is 1. The Morgan fingerprint density at radius 2 is 1.80 bits per heavy atom. The lowest BCUT2D eigenvalue weighted by Crippen LogP contribution is -2.38. The molecule has 2 aromatic rings. The molecule has 1 aliphatic carbocycles. The Morgan fingerprint density at radius 3 is 2.33 bits per heavy atom. The number of nitrogens with two attached hydrogens (primary N) is 1. The zero-order valence-electron chi connectivity index (χ0n) is 18.2. The van der Waals surface area contributed by atoms with Gasteiger partial charge in [-0.25, -0.2) is 4.98 Å². The van der Waals surface area contributed by atoms with Crippen LogP contribution in [0.5, 0.6) is 5.75 Å². The van der Waals surface area contributed by atoms with Crippen molar-refractivity contribution in [1.29, 1.82) is 0 Å². The van der Waals surface area contributed by atoms with Crippen LogP contribution in [-0.4, -0.2) is 35.4 Å². The number of carbonyl (C=O) groups is 2. The Labute approximate surface area is 177 Å². The van der Waals surface area contributed by atoms with Crippen LogP contribution in [0.3, 0.4) is 0 Å². The van der Waals surface area contributed by atoms with Crippen LogP contribution in [-0.2, 0) is 4.79 Å². The van der Waals surface area contributed by atoms with Crippen molar-refractivity contribution in [1.82, 2.24) is 15.3 Å². The molecule has 0 saturated heterocycles. The molecule has 162 valence electrons. The van der Waals surface area contributed by atoms with E-state index in [1.807, 2.05) is 45.0 Å². The largest absolute Gasteiger partial charge is 0.497 e. The van der Waals surface area contributed by atoms with Gasteiger partial charge in [-0.05, 0) is 55.9 Å². The van der Waals surface area contributed by atoms with E-state index in [2.05, 4.69) is 10.3 Å². The molecule has 3 rings (SSSR count). The van der Waals surface area contributed by atoms with Crippen LogP contribution < -0.4 is 15.8 Å². The fourth-order valence-corrected chi connectivity index (χ4v) is 3.86. The Kier molecular flexibility index (Phi) is 6.48. The number of nitrogens with zero attached hydrogens (tertiary/aromatic N) is 1. The molecule has 1 aromatic carbocycles. The smallest absolute Gasteiger partial charge is 0.267 e. The minimum atomic E-state index is -0.516. The van der Waals surface area contributed by atoms with Crippen molar-refractivity contribution in [3.63, 3.8) is 0 Å². The number of H-pyrrole nitrogens is 1. The lowest BCUT2D eigenvalue weighted by molar-refractivity contribution is -0.128. The molecule has 1 aliphatic rings. The molecule has 1 fully saturated rings. The number of methoxy groups -OCH3 is 1. The molecule has 7 nitrogen and oxygen atoms in total. The summed E-state index contributed by atoms with van der Waals surface area (Å²) in [6.07, 6.45) is 3.95. The van der Waals surface area contributed by atoms with Crippen molar-refractivity contribution in [3.05, 3.63) is 35.8 Å². The zero-order valence-corrected chi connectivity index (χ0v) is 18.2. The van der Waals surface area contributed by atoms with E-state index in [9.17, 15) is 9.59 Å². The average Bonchev–Trinajstić information content (AvgIpc) is 3.17. The molecule has 30 heavy (non-hydrogen) atoms. The molecule has 0 aliphatic heterocycles. The number of hydrogen-bond acceptors (Lipinski definition) is 4. The van der Waals surface area contributed by atoms with Gasteiger partial charge in [0, 0.05) is 23.4 Å². The summed E-state index contributed by atoms with van der Waals surface area (Å²) in [7, 11) is 1.61. The second kappa shape index (κ2) is 8.90. The van der Waals surface area contributed by atoms with Crippen LogP contribution in [0.2, 0.25) is 0 Å². The number of rotatable bonds is 6. The Hall–Kier alpha value is -2.83. The molecule has 1 aromatic heterocycles. The highest BCUT2D eigenvalue weighted by Gasteiger charge is 2.28. The third kappa shape index (κ3) is 5.01. The van der Waals surface area contributed by atoms with Gasteiger partial charge in [0.1, 0.15) is 23.0 Å². The van der Waals surface area contributed by atoms with E-state index in [1.165, 1.54) is 0 Å². The molecule has 0 spiro atoms. The van der Waals surface area contributed by atoms with Gasteiger partial charge in [-0.1, -0.05) is 20.8 Å². The maximum atomic E-state index is 12.1. The van der Waals surface area contributed by atoms with E-state index in [4.69, 9.17) is 15.5 Å². The van der Waals surface area contributed by atoms with E-state index < -0.39 is 5.91 Å². The molecule has 0 radical (unpaired) electrons. The predicted molar refractivity (Wildman–Crippen MR) is 116 cm³/mol. The van der Waals surface area contributed by atoms with E-state index >= 15 is 0 Å². The molecule has 2 amide bonds. The number of hydrogen-bond donors (Lipinski definition) is 3. The van der Waals surface area contributed by atoms with Crippen LogP contribution in [0.15, 0.2) is 24.3 Å². The van der Waals surface area contributed by atoms with E-state index in [0.717, 1.165) is 42.8 Å². The highest BCUT2D eigenvalue weighted by Crippen LogP contribution is 2.36. The average molecular weight is 413 g/mol. The van der Waals surface area contributed by atoms with E-state index in [-0.39, 0.29) is 17.2 Å². The van der Waals surface area contributed by atoms with Gasteiger partial charge in [-0.2, -0.15) is 0 Å². The fraction of sp³-hybridized carbons (Fsp3) is 0.522. The van der Waals surface area contributed by atoms with Gasteiger partial charge in [0.15, 0.2) is 0 Å². The Morgan fingerprint density at radius 1 is 1.17 bits per heavy atom. The number of aromatic amines is 1. The normalized spacial score (nSPS) is 19.3. The van der Waals surface area contributed by atoms with Gasteiger partial charge in [0.25, 0.3) is 5.91 Å². The van der Waals surface area contributed by atoms with Gasteiger partial charge in [0.05, 0.1) is 7.11 Å². The second-order valence-corrected chi connectivity index (χ2v) is 9.12. The minimum Gasteiger partial charge on any atom is -0.497 e. The summed E-state index contributed by atoms with van der Waals surface area (Å²) in [6, 6.07) is 7.43. The summed E-state index contributed by atoms with van der Waals surface area (Å²) in [5, 5.41) is 3.07. The SMILES string of the molecule is COc1ccc(-c2nc(C3CCC(CNC(=O)C(C)(C)C)CC3)[nH]c2C(N)=O)cc1. The molecule has 1 saturated carbocycles. The standard InChI is InChI=1S/C23H32N4O3/c1-23(2,3)22(29)25-13-14-5-7-16(8-6-14)21-26-18(19(27-21)20(24)28)15-9-11-17(30-4)12-10-15/h9-12,14,16H,5-8,13H2,1-4H3,(H2,24,28)(H,25,29)(H,26,27). The minimum absolute atomic E-state index is 0.0888. The lowest BCUT2D eigenvalue weighted by atomic mass is 9.81. The highest BCUT2D eigenvalue weighted by molar-refractivity contribution is 5.97. The van der Waals surface area contributed by atoms with Gasteiger partial charge in [-0.3, -0.25) is 9.59 Å². The monoisotopic (exact) mass is 412 g/mol. The lowest BCUT2D eigenvalue weighted by Gasteiger charge is -2.28. The van der Waals surface area contributed by atoms with Gasteiger partial charge >= 0.3 is 0 Å². The summed E-state index contributed by atoms with van der Waals surface area (Å²) in [4.78, 5) is 32.0. The molecular weight excluding hydrogens is 380 g/mol. The number of imidazole rings is 1. The van der Waals surface area contributed by atoms with E-state index in [0.29, 0.717) is 23.9 Å². The molecule has 4 N–H and O–H groups in total. The molecule has 0 atom stereocenters. The van der Waals surface area contributed by atoms with Gasteiger partial charge in [-0.15, -0.1) is 0 Å². The van der Waals surface area contributed by atoms with Crippen molar-refractivity contribution in [2.45, 2.75) is 52.4 Å². The summed E-state index contributed by atoms with van der Waals surface area (Å²) in [5.41, 5.74) is 6.98. The quantitative estimate of drug-likeness (QED) is 0.673. The summed E-state index contributed by atoms with van der Waals surface area (Å²) < 4.78 is 5.20. The van der Waals surface area contributed by atoms with E-state index in [1.54, 1.807) is 7.11 Å². The van der Waals surface area contributed by atoms with Crippen LogP contribution >= 0.6 is 0 Å². The van der Waals surface area contributed by atoms with Crippen molar-refractivity contribution < 1.29 is 14.3 Å². The summed E-state index contributed by atoms with van der Waals surface area (Å²) in [6.45, 7) is 6.48. The Bertz CT molecular complexity index is 888. The van der Waals surface area contributed by atoms with Crippen LogP contribution in [0, 0.1) is 11.3 Å². The third-order valence-corrected chi connectivity index (χ3v) is 5.80. The Balaban J connectivity index is 1.67. The third-order valence-electron chi connectivity index (χ3n) is 5.80. The number of amides is 2.